The van der Waals surface area contributed by atoms with E-state index in [-0.39, 0.29) is 28.6 Å². The Balaban J connectivity index is 2.29. The molecule has 1 aromatic rings. The normalized spacial score (nSPS) is 23.7. The van der Waals surface area contributed by atoms with Crippen LogP contribution in [0.2, 0.25) is 5.15 Å². The summed E-state index contributed by atoms with van der Waals surface area (Å²) in [5, 5.41) is 13.4. The lowest BCUT2D eigenvalue weighted by molar-refractivity contribution is -0.385. The molecule has 1 fully saturated rings. The van der Waals surface area contributed by atoms with Crippen LogP contribution in [0.5, 0.6) is 0 Å². The van der Waals surface area contributed by atoms with E-state index < -0.39 is 31.9 Å². The number of sulfone groups is 1. The third kappa shape index (κ3) is 3.48. The molecule has 21 heavy (non-hydrogen) atoms. The Morgan fingerprint density at radius 2 is 2.24 bits per heavy atom. The molecule has 10 heteroatoms. The van der Waals surface area contributed by atoms with Crippen molar-refractivity contribution in [2.75, 3.05) is 11.5 Å². The molecular formula is C11H12ClN3O5S. The molecule has 1 aromatic heterocycles. The number of rotatable bonds is 3. The highest BCUT2D eigenvalue weighted by molar-refractivity contribution is 7.91. The van der Waals surface area contributed by atoms with Crippen molar-refractivity contribution >= 4 is 33.0 Å². The van der Waals surface area contributed by atoms with E-state index in [2.05, 4.69) is 10.3 Å². The van der Waals surface area contributed by atoms with E-state index in [1.807, 2.05) is 0 Å². The van der Waals surface area contributed by atoms with Crippen molar-refractivity contribution < 1.29 is 18.1 Å². The predicted octanol–water partition coefficient (Wildman–Crippen LogP) is 0.950. The summed E-state index contributed by atoms with van der Waals surface area (Å²) in [6, 6.07) is 1.09. The van der Waals surface area contributed by atoms with Crippen LogP contribution in [0, 0.1) is 10.1 Å². The summed E-state index contributed by atoms with van der Waals surface area (Å²) in [6.07, 6.45) is 1.15. The number of carbonyl (C=O) groups excluding carboxylic acids is 1. The van der Waals surface area contributed by atoms with E-state index in [0.29, 0.717) is 0 Å². The summed E-state index contributed by atoms with van der Waals surface area (Å²) in [7, 11) is -3.20. The van der Waals surface area contributed by atoms with Gasteiger partial charge >= 0.3 is 0 Å². The SMILES string of the molecule is CC1(NC(=O)c2cc(Cl)ncc2[N+](=O)[O-])CCS(=O)(=O)C1. The van der Waals surface area contributed by atoms with Crippen molar-refractivity contribution in [3.8, 4) is 0 Å². The van der Waals surface area contributed by atoms with Crippen LogP contribution in [0.15, 0.2) is 12.3 Å². The fourth-order valence-electron chi connectivity index (χ4n) is 2.20. The van der Waals surface area contributed by atoms with E-state index in [9.17, 15) is 23.3 Å². The molecule has 1 aliphatic heterocycles. The Labute approximate surface area is 125 Å². The van der Waals surface area contributed by atoms with Gasteiger partial charge in [-0.05, 0) is 19.4 Å². The van der Waals surface area contributed by atoms with Crippen LogP contribution in [0.3, 0.4) is 0 Å². The van der Waals surface area contributed by atoms with Crippen molar-refractivity contribution in [2.24, 2.45) is 0 Å². The molecular weight excluding hydrogens is 322 g/mol. The topological polar surface area (TPSA) is 119 Å². The van der Waals surface area contributed by atoms with Gasteiger partial charge in [0.15, 0.2) is 9.84 Å². The molecule has 1 atom stereocenters. The molecule has 0 saturated carbocycles. The maximum absolute atomic E-state index is 12.2. The Hall–Kier alpha value is -1.74. The molecule has 0 aromatic carbocycles. The lowest BCUT2D eigenvalue weighted by Crippen LogP contribution is -2.47. The maximum atomic E-state index is 12.2. The van der Waals surface area contributed by atoms with Gasteiger partial charge in [0.25, 0.3) is 11.6 Å². The van der Waals surface area contributed by atoms with E-state index >= 15 is 0 Å². The highest BCUT2D eigenvalue weighted by Crippen LogP contribution is 2.25. The number of nitrogens with zero attached hydrogens (tertiary/aromatic N) is 2. The maximum Gasteiger partial charge on any atom is 0.300 e. The summed E-state index contributed by atoms with van der Waals surface area (Å²) < 4.78 is 23.0. The molecule has 1 aliphatic rings. The summed E-state index contributed by atoms with van der Waals surface area (Å²) >= 11 is 5.65. The van der Waals surface area contributed by atoms with Crippen LogP contribution in [-0.2, 0) is 9.84 Å². The monoisotopic (exact) mass is 333 g/mol. The number of halogens is 1. The number of amides is 1. The first-order valence-corrected chi connectivity index (χ1v) is 8.15. The Bertz CT molecular complexity index is 721. The molecule has 1 amide bonds. The average molecular weight is 334 g/mol. The zero-order valence-electron chi connectivity index (χ0n) is 11.0. The van der Waals surface area contributed by atoms with Crippen molar-refractivity contribution in [2.45, 2.75) is 18.9 Å². The van der Waals surface area contributed by atoms with Gasteiger partial charge in [-0.1, -0.05) is 11.6 Å². The summed E-state index contributed by atoms with van der Waals surface area (Å²) in [6.45, 7) is 1.59. The lowest BCUT2D eigenvalue weighted by Gasteiger charge is -2.23. The third-order valence-electron chi connectivity index (χ3n) is 3.21. The number of carbonyl (C=O) groups is 1. The molecule has 0 radical (unpaired) electrons. The van der Waals surface area contributed by atoms with Gasteiger partial charge in [-0.2, -0.15) is 0 Å². The number of nitrogens with one attached hydrogen (secondary N) is 1. The third-order valence-corrected chi connectivity index (χ3v) is 5.32. The largest absolute Gasteiger partial charge is 0.346 e. The Morgan fingerprint density at radius 3 is 2.76 bits per heavy atom. The van der Waals surface area contributed by atoms with Gasteiger partial charge < -0.3 is 5.32 Å². The van der Waals surface area contributed by atoms with Gasteiger partial charge in [0, 0.05) is 0 Å². The quantitative estimate of drug-likeness (QED) is 0.499. The number of pyridine rings is 1. The molecule has 8 nitrogen and oxygen atoms in total. The summed E-state index contributed by atoms with van der Waals surface area (Å²) in [5.41, 5.74) is -1.67. The molecule has 1 N–H and O–H groups in total. The van der Waals surface area contributed by atoms with Crippen LogP contribution in [0.25, 0.3) is 0 Å². The van der Waals surface area contributed by atoms with Gasteiger partial charge in [0.1, 0.15) is 16.9 Å². The number of nitro groups is 1. The molecule has 0 spiro atoms. The van der Waals surface area contributed by atoms with E-state index in [0.717, 1.165) is 12.3 Å². The van der Waals surface area contributed by atoms with Crippen LogP contribution in [-0.4, -0.2) is 41.3 Å². The van der Waals surface area contributed by atoms with Gasteiger partial charge in [0.2, 0.25) is 0 Å². The average Bonchev–Trinajstić information content (AvgIpc) is 2.62. The van der Waals surface area contributed by atoms with Crippen molar-refractivity contribution in [1.29, 1.82) is 0 Å². The predicted molar refractivity (Wildman–Crippen MR) is 75.0 cm³/mol. The fourth-order valence-corrected chi connectivity index (χ4v) is 4.45. The van der Waals surface area contributed by atoms with Crippen LogP contribution in [0.4, 0.5) is 5.69 Å². The minimum absolute atomic E-state index is 0.0248. The van der Waals surface area contributed by atoms with E-state index in [4.69, 9.17) is 11.6 Å². The molecule has 1 saturated heterocycles. The Kier molecular flexibility index (Phi) is 3.89. The molecule has 1 unspecified atom stereocenters. The highest BCUT2D eigenvalue weighted by atomic mass is 35.5. The van der Waals surface area contributed by atoms with Gasteiger partial charge in [-0.3, -0.25) is 14.9 Å². The molecule has 2 rings (SSSR count). The highest BCUT2D eigenvalue weighted by Gasteiger charge is 2.40. The first-order valence-electron chi connectivity index (χ1n) is 5.95. The van der Waals surface area contributed by atoms with Crippen LogP contribution >= 0.6 is 11.6 Å². The minimum Gasteiger partial charge on any atom is -0.346 e. The smallest absolute Gasteiger partial charge is 0.300 e. The summed E-state index contributed by atoms with van der Waals surface area (Å²) in [4.78, 5) is 25.9. The zero-order valence-corrected chi connectivity index (χ0v) is 12.6. The lowest BCUT2D eigenvalue weighted by atomic mass is 10.0. The van der Waals surface area contributed by atoms with E-state index in [1.54, 1.807) is 6.92 Å². The second-order valence-corrected chi connectivity index (χ2v) is 7.71. The molecule has 0 aliphatic carbocycles. The summed E-state index contributed by atoms with van der Waals surface area (Å²) in [5.74, 6) is -0.966. The standard InChI is InChI=1S/C11H12ClN3O5S/c1-11(2-3-21(19,20)6-11)14-10(16)7-4-9(12)13-5-8(7)15(17)18/h4-5H,2-3,6H2,1H3,(H,14,16). The van der Waals surface area contributed by atoms with Gasteiger partial charge in [-0.25, -0.2) is 13.4 Å². The van der Waals surface area contributed by atoms with E-state index in [1.165, 1.54) is 0 Å². The fraction of sp³-hybridized carbons (Fsp3) is 0.455. The molecule has 0 bridgehead atoms. The minimum atomic E-state index is -3.20. The second kappa shape index (κ2) is 5.23. The molecule has 114 valence electrons. The van der Waals surface area contributed by atoms with Gasteiger partial charge in [0.05, 0.1) is 22.0 Å². The van der Waals surface area contributed by atoms with Crippen LogP contribution < -0.4 is 5.32 Å². The van der Waals surface area contributed by atoms with Crippen molar-refractivity contribution in [3.05, 3.63) is 33.1 Å². The number of hydrogen-bond acceptors (Lipinski definition) is 6. The second-order valence-electron chi connectivity index (χ2n) is 5.14. The van der Waals surface area contributed by atoms with Crippen molar-refractivity contribution in [1.82, 2.24) is 10.3 Å². The van der Waals surface area contributed by atoms with Gasteiger partial charge in [-0.15, -0.1) is 0 Å². The number of hydrogen-bond donors (Lipinski definition) is 1. The Morgan fingerprint density at radius 1 is 1.57 bits per heavy atom. The molecule has 2 heterocycles. The zero-order chi connectivity index (χ0) is 15.8. The first-order chi connectivity index (χ1) is 9.62. The van der Waals surface area contributed by atoms with Crippen LogP contribution in [0.1, 0.15) is 23.7 Å². The van der Waals surface area contributed by atoms with Crippen molar-refractivity contribution in [3.63, 3.8) is 0 Å². The first kappa shape index (κ1) is 15.6. The number of aromatic nitrogens is 1.